The fourth-order valence-electron chi connectivity index (χ4n) is 3.45. The Balaban J connectivity index is 1.32. The molecule has 162 valence electrons. The molecule has 4 rings (SSSR count). The van der Waals surface area contributed by atoms with E-state index in [-0.39, 0.29) is 5.91 Å². The lowest BCUT2D eigenvalue weighted by atomic mass is 10.2. The van der Waals surface area contributed by atoms with E-state index < -0.39 is 0 Å². The Hall–Kier alpha value is -3.39. The molecular formula is C23H27N5O3. The molecule has 0 atom stereocenters. The van der Waals surface area contributed by atoms with Crippen LogP contribution in [0.15, 0.2) is 47.1 Å². The van der Waals surface area contributed by atoms with E-state index in [1.807, 2.05) is 26.0 Å². The molecule has 8 nitrogen and oxygen atoms in total. The third kappa shape index (κ3) is 5.03. The molecule has 0 saturated carbocycles. The fraction of sp³-hybridized carbons (Fsp3) is 0.348. The summed E-state index contributed by atoms with van der Waals surface area (Å²) in [6.07, 6.45) is 1.70. The number of aromatic nitrogens is 2. The number of hydrogen-bond acceptors (Lipinski definition) is 7. The minimum absolute atomic E-state index is 0.188. The summed E-state index contributed by atoms with van der Waals surface area (Å²) in [4.78, 5) is 21.6. The van der Waals surface area contributed by atoms with Crippen LogP contribution in [0.4, 0.5) is 11.5 Å². The molecule has 3 heterocycles. The molecule has 1 aliphatic rings. The Morgan fingerprint density at radius 1 is 1.10 bits per heavy atom. The fourth-order valence-corrected chi connectivity index (χ4v) is 3.45. The van der Waals surface area contributed by atoms with E-state index in [0.29, 0.717) is 23.6 Å². The topological polar surface area (TPSA) is 83.7 Å². The highest BCUT2D eigenvalue weighted by molar-refractivity contribution is 6.04. The van der Waals surface area contributed by atoms with Crippen molar-refractivity contribution in [2.45, 2.75) is 20.5 Å². The number of carbonyl (C=O) groups excluding carboxylic acids is 1. The van der Waals surface area contributed by atoms with Crippen molar-refractivity contribution in [3.63, 3.8) is 0 Å². The SMILES string of the molecule is Cc1noc(C)c1COc1ccc(C(=O)Nc2ccc(N3CCN(C)CC3)nc2)cc1. The van der Waals surface area contributed by atoms with Gasteiger partial charge in [0.1, 0.15) is 23.9 Å². The summed E-state index contributed by atoms with van der Waals surface area (Å²) in [5, 5.41) is 6.82. The summed E-state index contributed by atoms with van der Waals surface area (Å²) in [6.45, 7) is 8.09. The van der Waals surface area contributed by atoms with Crippen LogP contribution in [-0.4, -0.2) is 54.2 Å². The maximum Gasteiger partial charge on any atom is 0.255 e. The smallest absolute Gasteiger partial charge is 0.255 e. The number of nitrogens with one attached hydrogen (secondary N) is 1. The predicted octanol–water partition coefficient (Wildman–Crippen LogP) is 3.27. The number of piperazine rings is 1. The first-order chi connectivity index (χ1) is 15.0. The Labute approximate surface area is 181 Å². The Bertz CT molecular complexity index is 1000. The zero-order chi connectivity index (χ0) is 21.8. The van der Waals surface area contributed by atoms with Crippen LogP contribution >= 0.6 is 0 Å². The van der Waals surface area contributed by atoms with E-state index in [1.165, 1.54) is 0 Å². The summed E-state index contributed by atoms with van der Waals surface area (Å²) in [5.41, 5.74) is 2.98. The summed E-state index contributed by atoms with van der Waals surface area (Å²) in [6, 6.07) is 10.9. The van der Waals surface area contributed by atoms with Gasteiger partial charge in [-0.15, -0.1) is 0 Å². The summed E-state index contributed by atoms with van der Waals surface area (Å²) in [7, 11) is 2.13. The van der Waals surface area contributed by atoms with Crippen LogP contribution in [0, 0.1) is 13.8 Å². The van der Waals surface area contributed by atoms with Gasteiger partial charge in [0.25, 0.3) is 5.91 Å². The van der Waals surface area contributed by atoms with Crippen molar-refractivity contribution >= 4 is 17.4 Å². The molecule has 0 unspecified atom stereocenters. The van der Waals surface area contributed by atoms with Crippen LogP contribution < -0.4 is 15.0 Å². The number of nitrogens with zero attached hydrogens (tertiary/aromatic N) is 4. The van der Waals surface area contributed by atoms with Crippen molar-refractivity contribution in [2.75, 3.05) is 43.4 Å². The summed E-state index contributed by atoms with van der Waals surface area (Å²) < 4.78 is 10.9. The Morgan fingerprint density at radius 2 is 1.84 bits per heavy atom. The molecule has 1 aliphatic heterocycles. The van der Waals surface area contributed by atoms with Crippen molar-refractivity contribution < 1.29 is 14.1 Å². The molecule has 1 aromatic carbocycles. The highest BCUT2D eigenvalue weighted by atomic mass is 16.5. The van der Waals surface area contributed by atoms with Crippen LogP contribution in [0.2, 0.25) is 0 Å². The number of ether oxygens (including phenoxy) is 1. The third-order valence-electron chi connectivity index (χ3n) is 5.51. The molecule has 1 saturated heterocycles. The van der Waals surface area contributed by atoms with Gasteiger partial charge in [0.05, 0.1) is 23.1 Å². The lowest BCUT2D eigenvalue weighted by Gasteiger charge is -2.33. The summed E-state index contributed by atoms with van der Waals surface area (Å²) >= 11 is 0. The number of amides is 1. The van der Waals surface area contributed by atoms with Crippen LogP contribution in [0.25, 0.3) is 0 Å². The van der Waals surface area contributed by atoms with E-state index in [9.17, 15) is 4.79 Å². The molecule has 1 fully saturated rings. The average molecular weight is 422 g/mol. The van der Waals surface area contributed by atoms with Crippen LogP contribution in [0.5, 0.6) is 5.75 Å². The molecule has 0 bridgehead atoms. The lowest BCUT2D eigenvalue weighted by molar-refractivity contribution is 0.102. The van der Waals surface area contributed by atoms with Crippen molar-refractivity contribution in [1.29, 1.82) is 0 Å². The van der Waals surface area contributed by atoms with Gasteiger partial charge in [-0.3, -0.25) is 4.79 Å². The maximum atomic E-state index is 12.6. The minimum Gasteiger partial charge on any atom is -0.489 e. The number of likely N-dealkylation sites (N-methyl/N-ethyl adjacent to an activating group) is 1. The van der Waals surface area contributed by atoms with Crippen molar-refractivity contribution in [3.8, 4) is 5.75 Å². The standard InChI is InChI=1S/C23H27N5O3/c1-16-21(17(2)31-26-16)15-30-20-7-4-18(5-8-20)23(29)25-19-6-9-22(24-14-19)28-12-10-27(3)11-13-28/h4-9,14H,10-13,15H2,1-3H3,(H,25,29). The molecule has 3 aromatic rings. The van der Waals surface area contributed by atoms with Gasteiger partial charge in [0.2, 0.25) is 0 Å². The second kappa shape index (κ2) is 9.18. The normalized spacial score (nSPS) is 14.5. The van der Waals surface area contributed by atoms with Gasteiger partial charge < -0.3 is 24.4 Å². The van der Waals surface area contributed by atoms with E-state index in [4.69, 9.17) is 9.26 Å². The number of rotatable bonds is 6. The molecule has 8 heteroatoms. The van der Waals surface area contributed by atoms with E-state index in [1.54, 1.807) is 30.5 Å². The van der Waals surface area contributed by atoms with Crippen molar-refractivity contribution in [2.24, 2.45) is 0 Å². The van der Waals surface area contributed by atoms with Crippen molar-refractivity contribution in [1.82, 2.24) is 15.0 Å². The first-order valence-electron chi connectivity index (χ1n) is 10.3. The second-order valence-corrected chi connectivity index (χ2v) is 7.77. The van der Waals surface area contributed by atoms with Crippen LogP contribution in [0.3, 0.4) is 0 Å². The molecular weight excluding hydrogens is 394 g/mol. The molecule has 0 aliphatic carbocycles. The van der Waals surface area contributed by atoms with Crippen LogP contribution in [0.1, 0.15) is 27.4 Å². The zero-order valence-corrected chi connectivity index (χ0v) is 18.1. The molecule has 31 heavy (non-hydrogen) atoms. The molecule has 0 radical (unpaired) electrons. The molecule has 1 N–H and O–H groups in total. The first kappa shape index (κ1) is 20.9. The molecule has 0 spiro atoms. The Morgan fingerprint density at radius 3 is 2.45 bits per heavy atom. The number of carbonyl (C=O) groups is 1. The largest absolute Gasteiger partial charge is 0.489 e. The van der Waals surface area contributed by atoms with Gasteiger partial charge in [-0.1, -0.05) is 5.16 Å². The quantitative estimate of drug-likeness (QED) is 0.654. The highest BCUT2D eigenvalue weighted by Crippen LogP contribution is 2.19. The van der Waals surface area contributed by atoms with Gasteiger partial charge in [-0.25, -0.2) is 4.98 Å². The Kier molecular flexibility index (Phi) is 6.18. The summed E-state index contributed by atoms with van der Waals surface area (Å²) in [5.74, 6) is 2.17. The number of pyridine rings is 1. The van der Waals surface area contributed by atoms with E-state index in [2.05, 4.69) is 32.3 Å². The molecule has 2 aromatic heterocycles. The number of benzene rings is 1. The van der Waals surface area contributed by atoms with E-state index in [0.717, 1.165) is 49.0 Å². The van der Waals surface area contributed by atoms with Crippen molar-refractivity contribution in [3.05, 3.63) is 65.2 Å². The third-order valence-corrected chi connectivity index (χ3v) is 5.51. The predicted molar refractivity (Wildman–Crippen MR) is 119 cm³/mol. The monoisotopic (exact) mass is 421 g/mol. The van der Waals surface area contributed by atoms with Crippen LogP contribution in [-0.2, 0) is 6.61 Å². The van der Waals surface area contributed by atoms with Gasteiger partial charge in [-0.2, -0.15) is 0 Å². The van der Waals surface area contributed by atoms with Gasteiger partial charge >= 0.3 is 0 Å². The van der Waals surface area contributed by atoms with Gasteiger partial charge in [0.15, 0.2) is 0 Å². The number of aryl methyl sites for hydroxylation is 2. The second-order valence-electron chi connectivity index (χ2n) is 7.77. The van der Waals surface area contributed by atoms with Gasteiger partial charge in [0, 0.05) is 31.7 Å². The first-order valence-corrected chi connectivity index (χ1v) is 10.3. The number of anilines is 2. The zero-order valence-electron chi connectivity index (χ0n) is 18.1. The number of hydrogen-bond donors (Lipinski definition) is 1. The van der Waals surface area contributed by atoms with Gasteiger partial charge in [-0.05, 0) is 57.3 Å². The van der Waals surface area contributed by atoms with E-state index >= 15 is 0 Å². The lowest BCUT2D eigenvalue weighted by Crippen LogP contribution is -2.44. The maximum absolute atomic E-state index is 12.6. The average Bonchev–Trinajstić information content (AvgIpc) is 3.11. The minimum atomic E-state index is -0.188. The highest BCUT2D eigenvalue weighted by Gasteiger charge is 2.15. The molecule has 1 amide bonds.